The van der Waals surface area contributed by atoms with Crippen molar-refractivity contribution in [3.05, 3.63) is 95.1 Å². The third kappa shape index (κ3) is 3.53. The summed E-state index contributed by atoms with van der Waals surface area (Å²) in [6, 6.07) is 20.2. The highest BCUT2D eigenvalue weighted by Crippen LogP contribution is 2.38. The van der Waals surface area contributed by atoms with Crippen molar-refractivity contribution >= 4 is 11.6 Å². The third-order valence-corrected chi connectivity index (χ3v) is 4.48. The van der Waals surface area contributed by atoms with E-state index in [4.69, 9.17) is 0 Å². The smallest absolute Gasteiger partial charge is 0.229 e. The van der Waals surface area contributed by atoms with Gasteiger partial charge in [-0.05, 0) is 28.2 Å². The molecule has 2 aromatic rings. The van der Waals surface area contributed by atoms with Crippen LogP contribution in [0.3, 0.4) is 0 Å². The Labute approximate surface area is 148 Å². The van der Waals surface area contributed by atoms with E-state index in [9.17, 15) is 9.59 Å². The van der Waals surface area contributed by atoms with Crippen molar-refractivity contribution < 1.29 is 9.59 Å². The Morgan fingerprint density at radius 3 is 1.64 bits per heavy atom. The largest absolute Gasteiger partial charge is 0.286 e. The lowest BCUT2D eigenvalue weighted by atomic mass is 9.75. The predicted octanol–water partition coefficient (Wildman–Crippen LogP) is 4.87. The van der Waals surface area contributed by atoms with E-state index in [0.717, 1.165) is 16.7 Å². The van der Waals surface area contributed by atoms with E-state index in [1.165, 1.54) is 6.08 Å². The summed E-state index contributed by atoms with van der Waals surface area (Å²) in [6.07, 6.45) is 3.41. The number of hydrogen-bond acceptors (Lipinski definition) is 2. The molecule has 126 valence electrons. The molecule has 0 spiro atoms. The summed E-state index contributed by atoms with van der Waals surface area (Å²) in [4.78, 5) is 24.7. The molecule has 0 aliphatic heterocycles. The summed E-state index contributed by atoms with van der Waals surface area (Å²) < 4.78 is 0. The summed E-state index contributed by atoms with van der Waals surface area (Å²) in [6.45, 7) is 5.90. The Balaban J connectivity index is 2.17. The average molecular weight is 330 g/mol. The highest BCUT2D eigenvalue weighted by Gasteiger charge is 2.33. The molecule has 0 aromatic heterocycles. The van der Waals surface area contributed by atoms with E-state index >= 15 is 0 Å². The quantitative estimate of drug-likeness (QED) is 0.594. The van der Waals surface area contributed by atoms with Gasteiger partial charge in [0.05, 0.1) is 0 Å². The zero-order valence-electron chi connectivity index (χ0n) is 14.8. The minimum Gasteiger partial charge on any atom is -0.286 e. The van der Waals surface area contributed by atoms with Gasteiger partial charge in [-0.25, -0.2) is 0 Å². The van der Waals surface area contributed by atoms with Gasteiger partial charge in [-0.1, -0.05) is 87.5 Å². The van der Waals surface area contributed by atoms with Crippen molar-refractivity contribution in [2.24, 2.45) is 5.41 Å². The second-order valence-corrected chi connectivity index (χ2v) is 7.40. The van der Waals surface area contributed by atoms with Gasteiger partial charge in [0, 0.05) is 11.5 Å². The molecule has 25 heavy (non-hydrogen) atoms. The average Bonchev–Trinajstić information content (AvgIpc) is 2.59. The summed E-state index contributed by atoms with van der Waals surface area (Å²) in [7, 11) is 0. The Morgan fingerprint density at radius 1 is 0.720 bits per heavy atom. The fourth-order valence-electron chi connectivity index (χ4n) is 3.22. The summed E-state index contributed by atoms with van der Waals surface area (Å²) in [5.74, 6) is -0.896. The maximum Gasteiger partial charge on any atom is 0.229 e. The molecule has 0 radical (unpaired) electrons. The maximum atomic E-state index is 12.4. The minimum atomic E-state index is -0.431. The van der Waals surface area contributed by atoms with Crippen molar-refractivity contribution in [3.8, 4) is 0 Å². The number of carbonyl (C=O) groups excluding carboxylic acids is 2. The van der Waals surface area contributed by atoms with Crippen LogP contribution in [0.1, 0.15) is 37.8 Å². The van der Waals surface area contributed by atoms with Crippen LogP contribution in [0.15, 0.2) is 84.0 Å². The first-order valence-electron chi connectivity index (χ1n) is 8.50. The molecular weight excluding hydrogens is 308 g/mol. The molecule has 0 atom stereocenters. The monoisotopic (exact) mass is 330 g/mol. The van der Waals surface area contributed by atoms with Crippen molar-refractivity contribution in [2.75, 3.05) is 0 Å². The van der Waals surface area contributed by atoms with Crippen molar-refractivity contribution in [1.29, 1.82) is 0 Å². The fourth-order valence-corrected chi connectivity index (χ4v) is 3.22. The van der Waals surface area contributed by atoms with Gasteiger partial charge in [-0.3, -0.25) is 9.59 Å². The lowest BCUT2D eigenvalue weighted by Crippen LogP contribution is -2.27. The molecule has 2 aromatic carbocycles. The van der Waals surface area contributed by atoms with Crippen LogP contribution >= 0.6 is 0 Å². The van der Waals surface area contributed by atoms with Gasteiger partial charge in [0.2, 0.25) is 11.6 Å². The lowest BCUT2D eigenvalue weighted by molar-refractivity contribution is -0.132. The van der Waals surface area contributed by atoms with Crippen LogP contribution in [0, 0.1) is 5.41 Å². The lowest BCUT2D eigenvalue weighted by Gasteiger charge is -2.27. The van der Waals surface area contributed by atoms with Crippen molar-refractivity contribution in [1.82, 2.24) is 0 Å². The number of rotatable bonds is 3. The second-order valence-electron chi connectivity index (χ2n) is 7.40. The molecule has 0 N–H and O–H groups in total. The van der Waals surface area contributed by atoms with Crippen LogP contribution in [0.5, 0.6) is 0 Å². The molecule has 0 amide bonds. The Kier molecular flexibility index (Phi) is 4.54. The second kappa shape index (κ2) is 6.64. The molecule has 1 aliphatic carbocycles. The predicted molar refractivity (Wildman–Crippen MR) is 100 cm³/mol. The zero-order chi connectivity index (χ0) is 18.0. The van der Waals surface area contributed by atoms with Crippen molar-refractivity contribution in [3.63, 3.8) is 0 Å². The number of allylic oxidation sites excluding steroid dienone is 4. The van der Waals surface area contributed by atoms with Crippen LogP contribution in [0.4, 0.5) is 0 Å². The highest BCUT2D eigenvalue weighted by molar-refractivity contribution is 6.48. The molecule has 1 aliphatic rings. The number of carbonyl (C=O) groups is 2. The van der Waals surface area contributed by atoms with Crippen LogP contribution < -0.4 is 0 Å². The van der Waals surface area contributed by atoms with Gasteiger partial charge in [0.25, 0.3) is 0 Å². The Hall–Kier alpha value is -2.74. The number of ketones is 2. The van der Waals surface area contributed by atoms with Crippen LogP contribution in [-0.4, -0.2) is 11.6 Å². The number of benzene rings is 2. The molecular formula is C23H22O2. The Bertz CT molecular complexity index is 810. The molecule has 3 rings (SSSR count). The first-order valence-corrected chi connectivity index (χ1v) is 8.50. The van der Waals surface area contributed by atoms with Gasteiger partial charge < -0.3 is 0 Å². The van der Waals surface area contributed by atoms with Gasteiger partial charge in [0.1, 0.15) is 0 Å². The van der Waals surface area contributed by atoms with Crippen LogP contribution in [0.25, 0.3) is 0 Å². The van der Waals surface area contributed by atoms with Crippen LogP contribution in [0.2, 0.25) is 0 Å². The summed E-state index contributed by atoms with van der Waals surface area (Å²) in [5, 5.41) is 0. The zero-order valence-corrected chi connectivity index (χ0v) is 14.8. The van der Waals surface area contributed by atoms with E-state index in [2.05, 4.69) is 24.3 Å². The standard InChI is InChI=1S/C23H22O2/c1-23(2,3)19-14-18(15-20(24)22(19)25)21(16-10-6-4-7-11-16)17-12-8-5-9-13-17/h4-15,21H,1-3H3. The molecule has 0 fully saturated rings. The first-order chi connectivity index (χ1) is 11.9. The van der Waals surface area contributed by atoms with Gasteiger partial charge in [-0.15, -0.1) is 0 Å². The maximum absolute atomic E-state index is 12.4. The fraction of sp³-hybridized carbons (Fsp3) is 0.217. The van der Waals surface area contributed by atoms with E-state index in [0.29, 0.717) is 5.57 Å². The van der Waals surface area contributed by atoms with Gasteiger partial charge >= 0.3 is 0 Å². The summed E-state index contributed by atoms with van der Waals surface area (Å²) in [5.41, 5.74) is 3.28. The van der Waals surface area contributed by atoms with Gasteiger partial charge in [0.15, 0.2) is 0 Å². The number of hydrogen-bond donors (Lipinski definition) is 0. The molecule has 2 nitrogen and oxygen atoms in total. The van der Waals surface area contributed by atoms with Crippen molar-refractivity contribution in [2.45, 2.75) is 26.7 Å². The molecule has 0 saturated carbocycles. The van der Waals surface area contributed by atoms with Gasteiger partial charge in [-0.2, -0.15) is 0 Å². The highest BCUT2D eigenvalue weighted by atomic mass is 16.2. The Morgan fingerprint density at radius 2 is 1.20 bits per heavy atom. The summed E-state index contributed by atoms with van der Waals surface area (Å²) >= 11 is 0. The molecule has 0 saturated heterocycles. The normalized spacial score (nSPS) is 15.2. The van der Waals surface area contributed by atoms with E-state index in [1.54, 1.807) is 0 Å². The van der Waals surface area contributed by atoms with E-state index in [-0.39, 0.29) is 11.3 Å². The molecule has 0 unspecified atom stereocenters. The first kappa shape index (κ1) is 17.1. The van der Waals surface area contributed by atoms with E-state index < -0.39 is 11.6 Å². The molecule has 0 heterocycles. The SMILES string of the molecule is CC(C)(C)C1=CC(C(c2ccccc2)c2ccccc2)=CC(=O)C1=O. The molecule has 2 heteroatoms. The number of Topliss-reactive ketones (excluding diaryl/α,β-unsaturated/α-hetero) is 1. The van der Waals surface area contributed by atoms with E-state index in [1.807, 2.05) is 63.2 Å². The topological polar surface area (TPSA) is 34.1 Å². The van der Waals surface area contributed by atoms with Crippen LogP contribution in [-0.2, 0) is 9.59 Å². The third-order valence-electron chi connectivity index (χ3n) is 4.48. The minimum absolute atomic E-state index is 0.0724. The molecule has 0 bridgehead atoms.